The summed E-state index contributed by atoms with van der Waals surface area (Å²) in [5, 5.41) is 12.5. The van der Waals surface area contributed by atoms with E-state index >= 15 is 0 Å². The third-order valence-corrected chi connectivity index (χ3v) is 4.75. The van der Waals surface area contributed by atoms with Gasteiger partial charge in [0.25, 0.3) is 5.91 Å². The molecule has 0 radical (unpaired) electrons. The van der Waals surface area contributed by atoms with Crippen molar-refractivity contribution >= 4 is 34.2 Å². The monoisotopic (exact) mass is 390 g/mol. The Morgan fingerprint density at radius 3 is 2.43 bits per heavy atom. The Labute approximate surface area is 167 Å². The summed E-state index contributed by atoms with van der Waals surface area (Å²) >= 11 is 5.96. The number of nitrogens with one attached hydrogen (secondary N) is 1. The van der Waals surface area contributed by atoms with E-state index in [0.29, 0.717) is 27.7 Å². The Balaban J connectivity index is 1.58. The number of rotatable bonds is 4. The Hall–Kier alpha value is -3.18. The lowest BCUT2D eigenvalue weighted by Gasteiger charge is -2.05. The topological polar surface area (TPSA) is 59.8 Å². The van der Waals surface area contributed by atoms with Crippen molar-refractivity contribution in [3.63, 3.8) is 0 Å². The zero-order chi connectivity index (χ0) is 19.7. The minimum absolute atomic E-state index is 0.224. The maximum absolute atomic E-state index is 12.4. The van der Waals surface area contributed by atoms with E-state index in [1.54, 1.807) is 29.1 Å². The minimum Gasteiger partial charge on any atom is -0.322 e. The molecular formula is C22H19ClN4O. The molecule has 0 unspecified atom stereocenters. The van der Waals surface area contributed by atoms with Crippen LogP contribution in [0.2, 0.25) is 5.02 Å². The average Bonchev–Trinajstić information content (AvgIpc) is 3.11. The number of hydrogen-bond donors (Lipinski definition) is 1. The van der Waals surface area contributed by atoms with Crippen LogP contribution < -0.4 is 5.32 Å². The molecule has 0 aliphatic carbocycles. The molecule has 0 aliphatic heterocycles. The summed E-state index contributed by atoms with van der Waals surface area (Å²) in [6.07, 6.45) is 0. The van der Waals surface area contributed by atoms with Gasteiger partial charge in [-0.25, -0.2) is 0 Å². The second-order valence-corrected chi connectivity index (χ2v) is 7.34. The van der Waals surface area contributed by atoms with Crippen molar-refractivity contribution < 1.29 is 4.79 Å². The van der Waals surface area contributed by atoms with Gasteiger partial charge in [-0.1, -0.05) is 43.6 Å². The van der Waals surface area contributed by atoms with Gasteiger partial charge in [0.1, 0.15) is 11.0 Å². The van der Waals surface area contributed by atoms with Crippen LogP contribution in [0.15, 0.2) is 66.7 Å². The lowest BCUT2D eigenvalue weighted by Crippen LogP contribution is -2.11. The molecule has 4 aromatic rings. The van der Waals surface area contributed by atoms with E-state index in [-0.39, 0.29) is 5.91 Å². The zero-order valence-electron chi connectivity index (χ0n) is 15.6. The first-order chi connectivity index (χ1) is 13.5. The highest BCUT2D eigenvalue weighted by Gasteiger charge is 2.10. The van der Waals surface area contributed by atoms with Crippen molar-refractivity contribution in [3.05, 3.63) is 82.9 Å². The number of benzene rings is 3. The normalized spacial score (nSPS) is 11.1. The maximum Gasteiger partial charge on any atom is 0.255 e. The van der Waals surface area contributed by atoms with E-state index < -0.39 is 0 Å². The van der Waals surface area contributed by atoms with Crippen LogP contribution >= 0.6 is 11.6 Å². The van der Waals surface area contributed by atoms with Gasteiger partial charge < -0.3 is 5.32 Å². The molecule has 5 nitrogen and oxygen atoms in total. The fourth-order valence-corrected chi connectivity index (χ4v) is 3.12. The maximum atomic E-state index is 12.4. The molecule has 1 aromatic heterocycles. The quantitative estimate of drug-likeness (QED) is 0.504. The number of carbonyl (C=O) groups is 1. The van der Waals surface area contributed by atoms with Gasteiger partial charge in [0, 0.05) is 16.3 Å². The molecule has 0 saturated carbocycles. The van der Waals surface area contributed by atoms with Crippen molar-refractivity contribution in [1.29, 1.82) is 0 Å². The Morgan fingerprint density at radius 1 is 0.964 bits per heavy atom. The van der Waals surface area contributed by atoms with E-state index in [9.17, 15) is 4.79 Å². The predicted octanol–water partition coefficient (Wildman–Crippen LogP) is 5.45. The molecule has 4 rings (SSSR count). The van der Waals surface area contributed by atoms with Gasteiger partial charge in [-0.3, -0.25) is 4.79 Å². The summed E-state index contributed by atoms with van der Waals surface area (Å²) in [4.78, 5) is 14.0. The van der Waals surface area contributed by atoms with Crippen LogP contribution in [-0.2, 0) is 0 Å². The van der Waals surface area contributed by atoms with Gasteiger partial charge in [-0.2, -0.15) is 4.80 Å². The first kappa shape index (κ1) is 18.2. The number of halogens is 1. The molecule has 0 saturated heterocycles. The van der Waals surface area contributed by atoms with Gasteiger partial charge in [0.05, 0.1) is 5.69 Å². The number of carbonyl (C=O) groups excluding carboxylic acids is 1. The van der Waals surface area contributed by atoms with E-state index in [1.165, 1.54) is 5.56 Å². The van der Waals surface area contributed by atoms with Crippen LogP contribution in [0.1, 0.15) is 35.7 Å². The number of anilines is 1. The summed E-state index contributed by atoms with van der Waals surface area (Å²) in [6.45, 7) is 4.32. The molecule has 1 N–H and O–H groups in total. The Bertz CT molecular complexity index is 1150. The SMILES string of the molecule is CC(C)c1ccc(-n2nc3ccc(NC(=O)c4cccc(Cl)c4)cc3n2)cc1. The van der Waals surface area contributed by atoms with Crippen LogP contribution in [-0.4, -0.2) is 20.9 Å². The van der Waals surface area contributed by atoms with Gasteiger partial charge in [0.2, 0.25) is 0 Å². The van der Waals surface area contributed by atoms with Gasteiger partial charge >= 0.3 is 0 Å². The van der Waals surface area contributed by atoms with Crippen molar-refractivity contribution in [2.24, 2.45) is 0 Å². The molecule has 0 spiro atoms. The summed E-state index contributed by atoms with van der Waals surface area (Å²) in [7, 11) is 0. The molecule has 0 fully saturated rings. The lowest BCUT2D eigenvalue weighted by molar-refractivity contribution is 0.102. The number of fused-ring (bicyclic) bond motifs is 1. The summed E-state index contributed by atoms with van der Waals surface area (Å²) in [5.74, 6) is 0.253. The first-order valence-electron chi connectivity index (χ1n) is 9.04. The number of hydrogen-bond acceptors (Lipinski definition) is 3. The smallest absolute Gasteiger partial charge is 0.255 e. The third-order valence-electron chi connectivity index (χ3n) is 4.52. The molecule has 1 heterocycles. The van der Waals surface area contributed by atoms with Crippen LogP contribution in [0, 0.1) is 0 Å². The number of aromatic nitrogens is 3. The fraction of sp³-hybridized carbons (Fsp3) is 0.136. The second kappa shape index (κ2) is 7.44. The van der Waals surface area contributed by atoms with Crippen molar-refractivity contribution in [2.45, 2.75) is 19.8 Å². The van der Waals surface area contributed by atoms with Gasteiger partial charge in [-0.15, -0.1) is 10.2 Å². The molecule has 0 aliphatic rings. The molecular weight excluding hydrogens is 372 g/mol. The van der Waals surface area contributed by atoms with Crippen LogP contribution in [0.4, 0.5) is 5.69 Å². The minimum atomic E-state index is -0.224. The highest BCUT2D eigenvalue weighted by Crippen LogP contribution is 2.20. The third kappa shape index (κ3) is 3.75. The van der Waals surface area contributed by atoms with E-state index in [2.05, 4.69) is 41.5 Å². The first-order valence-corrected chi connectivity index (χ1v) is 9.42. The molecule has 6 heteroatoms. The molecule has 1 amide bonds. The second-order valence-electron chi connectivity index (χ2n) is 6.90. The van der Waals surface area contributed by atoms with E-state index in [1.807, 2.05) is 30.3 Å². The highest BCUT2D eigenvalue weighted by molar-refractivity contribution is 6.31. The van der Waals surface area contributed by atoms with E-state index in [4.69, 9.17) is 11.6 Å². The fourth-order valence-electron chi connectivity index (χ4n) is 2.93. The van der Waals surface area contributed by atoms with Crippen LogP contribution in [0.25, 0.3) is 16.7 Å². The lowest BCUT2D eigenvalue weighted by atomic mass is 10.0. The molecule has 3 aromatic carbocycles. The summed E-state index contributed by atoms with van der Waals surface area (Å²) in [6, 6.07) is 20.5. The van der Waals surface area contributed by atoms with Crippen molar-refractivity contribution in [1.82, 2.24) is 15.0 Å². The Morgan fingerprint density at radius 2 is 1.71 bits per heavy atom. The van der Waals surface area contributed by atoms with Gasteiger partial charge in [0.15, 0.2) is 0 Å². The average molecular weight is 391 g/mol. The largest absolute Gasteiger partial charge is 0.322 e. The molecule has 28 heavy (non-hydrogen) atoms. The molecule has 140 valence electrons. The molecule has 0 bridgehead atoms. The standard InChI is InChI=1S/C22H19ClN4O/c1-14(2)15-6-9-19(10-7-15)27-25-20-11-8-18(13-21(20)26-27)24-22(28)16-4-3-5-17(23)12-16/h3-14H,1-2H3,(H,24,28). The van der Waals surface area contributed by atoms with E-state index in [0.717, 1.165) is 11.2 Å². The van der Waals surface area contributed by atoms with Gasteiger partial charge in [-0.05, 0) is 60.0 Å². The summed E-state index contributed by atoms with van der Waals surface area (Å²) < 4.78 is 0. The van der Waals surface area contributed by atoms with Crippen molar-refractivity contribution in [3.8, 4) is 5.69 Å². The highest BCUT2D eigenvalue weighted by atomic mass is 35.5. The van der Waals surface area contributed by atoms with Crippen molar-refractivity contribution in [2.75, 3.05) is 5.32 Å². The number of nitrogens with zero attached hydrogens (tertiary/aromatic N) is 3. The van der Waals surface area contributed by atoms with Crippen LogP contribution in [0.5, 0.6) is 0 Å². The number of amides is 1. The summed E-state index contributed by atoms with van der Waals surface area (Å²) in [5.41, 5.74) is 4.78. The Kier molecular flexibility index (Phi) is 4.84. The van der Waals surface area contributed by atoms with Crippen LogP contribution in [0.3, 0.4) is 0 Å². The molecule has 0 atom stereocenters. The predicted molar refractivity (Wildman–Crippen MR) is 112 cm³/mol. The zero-order valence-corrected chi connectivity index (χ0v) is 16.3.